The van der Waals surface area contributed by atoms with Crippen molar-refractivity contribution in [3.63, 3.8) is 0 Å². The summed E-state index contributed by atoms with van der Waals surface area (Å²) >= 11 is 0. The number of nitrogens with two attached hydrogens (primary N) is 1. The van der Waals surface area contributed by atoms with Crippen LogP contribution in [0.4, 0.5) is 15.8 Å². The van der Waals surface area contributed by atoms with Gasteiger partial charge < -0.3 is 21.1 Å². The fourth-order valence-electron chi connectivity index (χ4n) is 4.45. The maximum atomic E-state index is 14.4. The van der Waals surface area contributed by atoms with Gasteiger partial charge in [0.25, 0.3) is 5.91 Å². The van der Waals surface area contributed by atoms with E-state index in [-0.39, 0.29) is 41.9 Å². The third-order valence-electron chi connectivity index (χ3n) is 5.80. The smallest absolute Gasteiger partial charge is 0.252 e. The standard InChI is InChI=1S/C22H20FN5O3/c1-2-16(29)25-13-8-5-6-11-17-14(10-31-20(11)13)26-22(30)18-19(17)27-28(21(18)24)15-9-4-3-7-12(15)23/h2-9,14,17,19,27H,1,10,24H2,(H,25,29)(H,26,30). The lowest BCUT2D eigenvalue weighted by Crippen LogP contribution is -2.58. The number of carbonyl (C=O) groups excluding carboxylic acids is 2. The summed E-state index contributed by atoms with van der Waals surface area (Å²) in [5, 5.41) is 7.11. The van der Waals surface area contributed by atoms with E-state index in [1.165, 1.54) is 17.2 Å². The van der Waals surface area contributed by atoms with Crippen molar-refractivity contribution in [3.8, 4) is 5.75 Å². The number of halogens is 1. The van der Waals surface area contributed by atoms with E-state index in [4.69, 9.17) is 10.5 Å². The summed E-state index contributed by atoms with van der Waals surface area (Å²) in [6, 6.07) is 10.8. The number of amides is 2. The average molecular weight is 421 g/mol. The molecule has 0 aromatic heterocycles. The minimum Gasteiger partial charge on any atom is -0.489 e. The van der Waals surface area contributed by atoms with Crippen molar-refractivity contribution in [2.24, 2.45) is 5.73 Å². The molecule has 9 heteroatoms. The molecule has 0 aliphatic carbocycles. The summed E-state index contributed by atoms with van der Waals surface area (Å²) in [4.78, 5) is 24.7. The summed E-state index contributed by atoms with van der Waals surface area (Å²) in [6.45, 7) is 3.69. The molecule has 5 rings (SSSR count). The van der Waals surface area contributed by atoms with Crippen molar-refractivity contribution < 1.29 is 18.7 Å². The van der Waals surface area contributed by atoms with Gasteiger partial charge in [-0.2, -0.15) is 0 Å². The third kappa shape index (κ3) is 2.93. The fourth-order valence-corrected chi connectivity index (χ4v) is 4.45. The molecule has 0 bridgehead atoms. The number of carbonyl (C=O) groups is 2. The monoisotopic (exact) mass is 421 g/mol. The highest BCUT2D eigenvalue weighted by molar-refractivity contribution is 6.01. The van der Waals surface area contributed by atoms with E-state index in [0.717, 1.165) is 5.56 Å². The van der Waals surface area contributed by atoms with Crippen LogP contribution in [0.25, 0.3) is 0 Å². The second-order valence-corrected chi connectivity index (χ2v) is 7.53. The second kappa shape index (κ2) is 7.13. The number of nitrogens with one attached hydrogen (secondary N) is 3. The van der Waals surface area contributed by atoms with Crippen molar-refractivity contribution in [3.05, 3.63) is 77.9 Å². The van der Waals surface area contributed by atoms with Crippen molar-refractivity contribution in [1.29, 1.82) is 0 Å². The number of hydrazine groups is 1. The van der Waals surface area contributed by atoms with E-state index in [9.17, 15) is 14.0 Å². The van der Waals surface area contributed by atoms with Gasteiger partial charge >= 0.3 is 0 Å². The lowest BCUT2D eigenvalue weighted by atomic mass is 9.77. The first-order valence-corrected chi connectivity index (χ1v) is 9.80. The van der Waals surface area contributed by atoms with E-state index < -0.39 is 11.9 Å². The Morgan fingerprint density at radius 1 is 1.29 bits per heavy atom. The van der Waals surface area contributed by atoms with Gasteiger partial charge in [-0.3, -0.25) is 14.6 Å². The highest BCUT2D eigenvalue weighted by Gasteiger charge is 2.50. The van der Waals surface area contributed by atoms with Gasteiger partial charge in [-0.1, -0.05) is 30.8 Å². The molecule has 3 aliphatic rings. The van der Waals surface area contributed by atoms with E-state index in [0.29, 0.717) is 17.0 Å². The normalized spacial score (nSPS) is 23.8. The molecule has 0 spiro atoms. The zero-order valence-electron chi connectivity index (χ0n) is 16.4. The molecule has 2 aromatic carbocycles. The van der Waals surface area contributed by atoms with Gasteiger partial charge in [-0.05, 0) is 24.3 Å². The van der Waals surface area contributed by atoms with Crippen LogP contribution in [-0.4, -0.2) is 30.5 Å². The second-order valence-electron chi connectivity index (χ2n) is 7.53. The van der Waals surface area contributed by atoms with Crippen LogP contribution in [0.2, 0.25) is 0 Å². The molecule has 31 heavy (non-hydrogen) atoms. The number of fused-ring (bicyclic) bond motifs is 5. The van der Waals surface area contributed by atoms with E-state index >= 15 is 0 Å². The van der Waals surface area contributed by atoms with Crippen LogP contribution in [-0.2, 0) is 9.59 Å². The Morgan fingerprint density at radius 3 is 2.87 bits per heavy atom. The van der Waals surface area contributed by atoms with Gasteiger partial charge in [0.2, 0.25) is 5.91 Å². The number of hydrogen-bond donors (Lipinski definition) is 4. The predicted molar refractivity (Wildman–Crippen MR) is 112 cm³/mol. The minimum absolute atomic E-state index is 0.148. The molecule has 2 aromatic rings. The van der Waals surface area contributed by atoms with Crippen molar-refractivity contribution in [1.82, 2.24) is 10.7 Å². The van der Waals surface area contributed by atoms with Crippen LogP contribution in [0.15, 0.2) is 66.5 Å². The summed E-state index contributed by atoms with van der Waals surface area (Å²) in [5.74, 6) is -0.707. The molecule has 3 aliphatic heterocycles. The zero-order chi connectivity index (χ0) is 21.7. The van der Waals surface area contributed by atoms with Gasteiger partial charge in [0, 0.05) is 11.5 Å². The molecule has 1 saturated heterocycles. The Kier molecular flexibility index (Phi) is 4.40. The van der Waals surface area contributed by atoms with Gasteiger partial charge in [-0.15, -0.1) is 0 Å². The summed E-state index contributed by atoms with van der Waals surface area (Å²) < 4.78 is 20.4. The van der Waals surface area contributed by atoms with Crippen LogP contribution in [0.3, 0.4) is 0 Å². The zero-order valence-corrected chi connectivity index (χ0v) is 16.4. The maximum absolute atomic E-state index is 14.4. The Labute approximate surface area is 177 Å². The molecule has 0 saturated carbocycles. The first kappa shape index (κ1) is 19.1. The van der Waals surface area contributed by atoms with Gasteiger partial charge in [0.1, 0.15) is 24.0 Å². The lowest BCUT2D eigenvalue weighted by Gasteiger charge is -2.42. The van der Waals surface area contributed by atoms with Crippen LogP contribution in [0.1, 0.15) is 11.5 Å². The number of para-hydroxylation sites is 2. The summed E-state index contributed by atoms with van der Waals surface area (Å²) in [6.07, 6.45) is 1.18. The highest BCUT2D eigenvalue weighted by atomic mass is 19.1. The highest BCUT2D eigenvalue weighted by Crippen LogP contribution is 2.46. The van der Waals surface area contributed by atoms with Crippen molar-refractivity contribution in [2.45, 2.75) is 18.0 Å². The molecule has 2 amide bonds. The molecule has 8 nitrogen and oxygen atoms in total. The van der Waals surface area contributed by atoms with Crippen LogP contribution >= 0.6 is 0 Å². The average Bonchev–Trinajstić information content (AvgIpc) is 3.11. The van der Waals surface area contributed by atoms with E-state index in [2.05, 4.69) is 22.6 Å². The summed E-state index contributed by atoms with van der Waals surface area (Å²) in [5.41, 5.74) is 11.4. The SMILES string of the molecule is C=CC(=O)Nc1cccc2c1OCC1NC(=O)C3=C(N)N(c4ccccc4F)NC3C21. The number of hydrogen-bond acceptors (Lipinski definition) is 6. The number of benzene rings is 2. The molecule has 158 valence electrons. The first-order chi connectivity index (χ1) is 15.0. The number of nitrogens with zero attached hydrogens (tertiary/aromatic N) is 1. The maximum Gasteiger partial charge on any atom is 0.252 e. The van der Waals surface area contributed by atoms with Gasteiger partial charge in [0.15, 0.2) is 0 Å². The molecule has 3 heterocycles. The fraction of sp³-hybridized carbons (Fsp3) is 0.182. The molecule has 3 unspecified atom stereocenters. The topological polar surface area (TPSA) is 109 Å². The summed E-state index contributed by atoms with van der Waals surface area (Å²) in [7, 11) is 0. The quantitative estimate of drug-likeness (QED) is 0.560. The van der Waals surface area contributed by atoms with Gasteiger partial charge in [-0.25, -0.2) is 9.82 Å². The molecule has 5 N–H and O–H groups in total. The van der Waals surface area contributed by atoms with Gasteiger partial charge in [0.05, 0.1) is 29.0 Å². The van der Waals surface area contributed by atoms with Crippen LogP contribution in [0, 0.1) is 5.82 Å². The number of anilines is 2. The van der Waals surface area contributed by atoms with Crippen molar-refractivity contribution >= 4 is 23.2 Å². The lowest BCUT2D eigenvalue weighted by molar-refractivity contribution is -0.120. The largest absolute Gasteiger partial charge is 0.489 e. The third-order valence-corrected chi connectivity index (χ3v) is 5.80. The Hall–Kier alpha value is -3.85. The molecular weight excluding hydrogens is 401 g/mol. The number of piperidine rings is 1. The van der Waals surface area contributed by atoms with Crippen molar-refractivity contribution in [2.75, 3.05) is 16.9 Å². The molecule has 3 atom stereocenters. The number of rotatable bonds is 3. The molecule has 0 radical (unpaired) electrons. The van der Waals surface area contributed by atoms with Crippen LogP contribution < -0.4 is 31.5 Å². The predicted octanol–water partition coefficient (Wildman–Crippen LogP) is 1.49. The van der Waals surface area contributed by atoms with Crippen LogP contribution in [0.5, 0.6) is 5.75 Å². The van der Waals surface area contributed by atoms with E-state index in [1.54, 1.807) is 30.3 Å². The molecular formula is C22H20FN5O3. The first-order valence-electron chi connectivity index (χ1n) is 9.80. The molecule has 1 fully saturated rings. The Bertz CT molecular complexity index is 1150. The minimum atomic E-state index is -0.494. The van der Waals surface area contributed by atoms with E-state index in [1.807, 2.05) is 6.07 Å². The Balaban J connectivity index is 1.57. The number of ether oxygens (including phenoxy) is 1. The Morgan fingerprint density at radius 2 is 2.10 bits per heavy atom.